The van der Waals surface area contributed by atoms with Crippen LogP contribution >= 0.6 is 23.4 Å². The molecule has 0 saturated heterocycles. The molecule has 3 aromatic heterocycles. The molecule has 0 amide bonds. The van der Waals surface area contributed by atoms with Crippen molar-refractivity contribution in [2.24, 2.45) is 0 Å². The minimum Gasteiger partial charge on any atom is -0.287 e. The lowest BCUT2D eigenvalue weighted by molar-refractivity contribution is 0.557. The Morgan fingerprint density at radius 1 is 1.10 bits per heavy atom. The van der Waals surface area contributed by atoms with Crippen molar-refractivity contribution >= 4 is 39.9 Å². The van der Waals surface area contributed by atoms with Crippen molar-refractivity contribution in [1.29, 1.82) is 0 Å². The summed E-state index contributed by atoms with van der Waals surface area (Å²) in [6, 6.07) is 12.3. The van der Waals surface area contributed by atoms with E-state index in [1.807, 2.05) is 18.2 Å². The predicted molar refractivity (Wildman–Crippen MR) is 117 cm³/mol. The fraction of sp³-hybridized carbons (Fsp3) is 0.238. The molecule has 0 aliphatic carbocycles. The molecule has 3 heterocycles. The van der Waals surface area contributed by atoms with Gasteiger partial charge in [0.1, 0.15) is 5.65 Å². The van der Waals surface area contributed by atoms with Crippen LogP contribution in [0.3, 0.4) is 0 Å². The standard InChI is InChI=1S/C21H19ClN4O2S/c1-2-3-10-25-20(28)16-6-4-5-7-17(16)24-21(25)29-13-15-11-19(27)26-12-14(22)8-9-18(26)23-15/h4-9,11-12H,2-3,10,13H2,1H3. The molecule has 0 unspecified atom stereocenters. The van der Waals surface area contributed by atoms with Crippen LogP contribution in [0.1, 0.15) is 25.5 Å². The van der Waals surface area contributed by atoms with Crippen molar-refractivity contribution in [2.75, 3.05) is 0 Å². The van der Waals surface area contributed by atoms with Crippen molar-refractivity contribution < 1.29 is 0 Å². The highest BCUT2D eigenvalue weighted by atomic mass is 35.5. The average molecular weight is 427 g/mol. The minimum atomic E-state index is -0.192. The molecule has 0 aliphatic heterocycles. The lowest BCUT2D eigenvalue weighted by Gasteiger charge is -2.12. The zero-order valence-corrected chi connectivity index (χ0v) is 17.4. The summed E-state index contributed by atoms with van der Waals surface area (Å²) in [5.41, 5.74) is 1.61. The van der Waals surface area contributed by atoms with Crippen molar-refractivity contribution in [3.05, 3.63) is 80.1 Å². The molecule has 29 heavy (non-hydrogen) atoms. The third-order valence-corrected chi connectivity index (χ3v) is 5.82. The summed E-state index contributed by atoms with van der Waals surface area (Å²) < 4.78 is 3.14. The number of fused-ring (bicyclic) bond motifs is 2. The minimum absolute atomic E-state index is 0.0345. The van der Waals surface area contributed by atoms with E-state index in [1.54, 1.807) is 29.0 Å². The van der Waals surface area contributed by atoms with Crippen molar-refractivity contribution in [3.63, 3.8) is 0 Å². The normalized spacial score (nSPS) is 11.4. The number of halogens is 1. The zero-order valence-electron chi connectivity index (χ0n) is 15.8. The second-order valence-corrected chi connectivity index (χ2v) is 8.05. The van der Waals surface area contributed by atoms with Gasteiger partial charge in [0.25, 0.3) is 11.1 Å². The van der Waals surface area contributed by atoms with E-state index >= 15 is 0 Å². The maximum atomic E-state index is 13.0. The van der Waals surface area contributed by atoms with Crippen molar-refractivity contribution in [1.82, 2.24) is 18.9 Å². The number of aromatic nitrogens is 4. The molecule has 148 valence electrons. The number of hydrogen-bond acceptors (Lipinski definition) is 5. The van der Waals surface area contributed by atoms with Gasteiger partial charge in [-0.3, -0.25) is 18.6 Å². The van der Waals surface area contributed by atoms with Gasteiger partial charge in [-0.05, 0) is 30.7 Å². The van der Waals surface area contributed by atoms with E-state index < -0.39 is 0 Å². The number of hydrogen-bond donors (Lipinski definition) is 0. The van der Waals surface area contributed by atoms with Gasteiger partial charge in [-0.1, -0.05) is 48.8 Å². The first-order valence-electron chi connectivity index (χ1n) is 9.37. The number of nitrogens with zero attached hydrogens (tertiary/aromatic N) is 4. The fourth-order valence-electron chi connectivity index (χ4n) is 3.11. The quantitative estimate of drug-likeness (QED) is 0.342. The Kier molecular flexibility index (Phi) is 5.69. The van der Waals surface area contributed by atoms with Crippen LogP contribution in [0.2, 0.25) is 5.02 Å². The first-order chi connectivity index (χ1) is 14.1. The molecule has 0 atom stereocenters. The van der Waals surface area contributed by atoms with E-state index in [0.29, 0.717) is 44.7 Å². The topological polar surface area (TPSA) is 69.3 Å². The summed E-state index contributed by atoms with van der Waals surface area (Å²) in [7, 11) is 0. The Morgan fingerprint density at radius 2 is 1.93 bits per heavy atom. The third-order valence-electron chi connectivity index (χ3n) is 4.59. The highest BCUT2D eigenvalue weighted by Crippen LogP contribution is 2.22. The van der Waals surface area contributed by atoms with Crippen LogP contribution in [0.4, 0.5) is 0 Å². The maximum Gasteiger partial charge on any atom is 0.262 e. The molecule has 0 fully saturated rings. The largest absolute Gasteiger partial charge is 0.287 e. The van der Waals surface area contributed by atoms with Crippen molar-refractivity contribution in [2.45, 2.75) is 37.2 Å². The molecule has 0 spiro atoms. The van der Waals surface area contributed by atoms with E-state index in [-0.39, 0.29) is 11.1 Å². The summed E-state index contributed by atoms with van der Waals surface area (Å²) in [5, 5.41) is 1.73. The van der Waals surface area contributed by atoms with Gasteiger partial charge >= 0.3 is 0 Å². The highest BCUT2D eigenvalue weighted by molar-refractivity contribution is 7.98. The Hall–Kier alpha value is -2.64. The van der Waals surface area contributed by atoms with Gasteiger partial charge < -0.3 is 0 Å². The molecule has 4 rings (SSSR count). The molecule has 0 N–H and O–H groups in total. The lowest BCUT2D eigenvalue weighted by atomic mass is 10.2. The molecular formula is C21H19ClN4O2S. The summed E-state index contributed by atoms with van der Waals surface area (Å²) in [6.07, 6.45) is 3.43. The highest BCUT2D eigenvalue weighted by Gasteiger charge is 2.12. The molecule has 6 nitrogen and oxygen atoms in total. The van der Waals surface area contributed by atoms with E-state index in [0.717, 1.165) is 12.8 Å². The van der Waals surface area contributed by atoms with Gasteiger partial charge in [-0.25, -0.2) is 9.97 Å². The number of para-hydroxylation sites is 1. The van der Waals surface area contributed by atoms with Crippen LogP contribution < -0.4 is 11.1 Å². The van der Waals surface area contributed by atoms with Crippen LogP contribution in [0, 0.1) is 0 Å². The van der Waals surface area contributed by atoms with Crippen molar-refractivity contribution in [3.8, 4) is 0 Å². The van der Waals surface area contributed by atoms with Crippen LogP contribution in [-0.2, 0) is 12.3 Å². The second kappa shape index (κ2) is 8.39. The summed E-state index contributed by atoms with van der Waals surface area (Å²) in [6.45, 7) is 2.70. The van der Waals surface area contributed by atoms with Gasteiger partial charge in [0, 0.05) is 24.6 Å². The molecule has 8 heteroatoms. The third kappa shape index (κ3) is 4.06. The smallest absolute Gasteiger partial charge is 0.262 e. The average Bonchev–Trinajstić information content (AvgIpc) is 2.72. The molecular weight excluding hydrogens is 408 g/mol. The van der Waals surface area contributed by atoms with E-state index in [4.69, 9.17) is 16.6 Å². The molecule has 4 aromatic rings. The number of pyridine rings is 1. The molecule has 0 bridgehead atoms. The van der Waals surface area contributed by atoms with Gasteiger partial charge in [0.15, 0.2) is 5.16 Å². The van der Waals surface area contributed by atoms with Crippen LogP contribution in [-0.4, -0.2) is 18.9 Å². The maximum absolute atomic E-state index is 13.0. The van der Waals surface area contributed by atoms with Crippen LogP contribution in [0.15, 0.2) is 63.4 Å². The first kappa shape index (κ1) is 19.7. The van der Waals surface area contributed by atoms with Gasteiger partial charge in [0.05, 0.1) is 21.6 Å². The zero-order chi connectivity index (χ0) is 20.4. The summed E-state index contributed by atoms with van der Waals surface area (Å²) in [4.78, 5) is 34.6. The summed E-state index contributed by atoms with van der Waals surface area (Å²) >= 11 is 7.38. The lowest BCUT2D eigenvalue weighted by Crippen LogP contribution is -2.23. The number of thioether (sulfide) groups is 1. The Morgan fingerprint density at radius 3 is 2.76 bits per heavy atom. The SMILES string of the molecule is CCCCn1c(SCc2cc(=O)n3cc(Cl)ccc3n2)nc2ccccc2c1=O. The van der Waals surface area contributed by atoms with E-state index in [9.17, 15) is 9.59 Å². The predicted octanol–water partition coefficient (Wildman–Crippen LogP) is 4.15. The number of benzene rings is 1. The Labute approximate surface area is 176 Å². The number of rotatable bonds is 6. The van der Waals surface area contributed by atoms with Gasteiger partial charge in [-0.2, -0.15) is 0 Å². The molecule has 0 saturated carbocycles. The first-order valence-corrected chi connectivity index (χ1v) is 10.7. The second-order valence-electron chi connectivity index (χ2n) is 6.67. The van der Waals surface area contributed by atoms with Crippen LogP contribution in [0.25, 0.3) is 16.6 Å². The summed E-state index contributed by atoms with van der Waals surface area (Å²) in [5.74, 6) is 0.436. The molecule has 1 aromatic carbocycles. The van der Waals surface area contributed by atoms with Gasteiger partial charge in [0.2, 0.25) is 0 Å². The fourth-order valence-corrected chi connectivity index (χ4v) is 4.19. The van der Waals surface area contributed by atoms with E-state index in [1.165, 1.54) is 22.2 Å². The van der Waals surface area contributed by atoms with E-state index in [2.05, 4.69) is 11.9 Å². The molecule has 0 radical (unpaired) electrons. The van der Waals surface area contributed by atoms with Gasteiger partial charge in [-0.15, -0.1) is 0 Å². The van der Waals surface area contributed by atoms with Crippen LogP contribution in [0.5, 0.6) is 0 Å². The Balaban J connectivity index is 1.70. The monoisotopic (exact) mass is 426 g/mol. The Bertz CT molecular complexity index is 1320. The molecule has 0 aliphatic rings. The number of unbranched alkanes of at least 4 members (excludes halogenated alkanes) is 1.